The highest BCUT2D eigenvalue weighted by Gasteiger charge is 2.58. The van der Waals surface area contributed by atoms with Crippen LogP contribution in [0.3, 0.4) is 0 Å². The van der Waals surface area contributed by atoms with Crippen LogP contribution >= 0.6 is 0 Å². The lowest BCUT2D eigenvalue weighted by atomic mass is 9.47. The number of rotatable bonds is 3. The maximum absolute atomic E-state index is 6.39. The van der Waals surface area contributed by atoms with Gasteiger partial charge >= 0.3 is 0 Å². The van der Waals surface area contributed by atoms with Gasteiger partial charge in [0, 0.05) is 24.2 Å². The highest BCUT2D eigenvalue weighted by atomic mass is 14.9. The molecule has 3 saturated carbocycles. The fraction of sp³-hybridized carbons (Fsp3) is 0.862. The van der Waals surface area contributed by atoms with E-state index in [1.807, 2.05) is 5.57 Å². The zero-order chi connectivity index (χ0) is 22.0. The Labute approximate surface area is 191 Å². The first-order valence-corrected chi connectivity index (χ1v) is 13.6. The first-order valence-electron chi connectivity index (χ1n) is 13.6. The lowest BCUT2D eigenvalue weighted by Crippen LogP contribution is -2.50. The van der Waals surface area contributed by atoms with Crippen LogP contribution in [0.25, 0.3) is 0 Å². The smallest absolute Gasteiger partial charge is 0.0150 e. The van der Waals surface area contributed by atoms with Crippen LogP contribution in [0.15, 0.2) is 23.4 Å². The van der Waals surface area contributed by atoms with Crippen molar-refractivity contribution < 1.29 is 0 Å². The van der Waals surface area contributed by atoms with Crippen molar-refractivity contribution in [2.45, 2.75) is 98.4 Å². The molecule has 4 aliphatic carbocycles. The summed E-state index contributed by atoms with van der Waals surface area (Å²) < 4.78 is 0. The van der Waals surface area contributed by atoms with E-state index in [4.69, 9.17) is 5.73 Å². The van der Waals surface area contributed by atoms with Crippen molar-refractivity contribution in [1.29, 1.82) is 0 Å². The average molecular weight is 425 g/mol. The van der Waals surface area contributed by atoms with Crippen molar-refractivity contribution in [2.24, 2.45) is 58.0 Å². The summed E-state index contributed by atoms with van der Waals surface area (Å²) in [5, 5.41) is 3.75. The summed E-state index contributed by atoms with van der Waals surface area (Å²) >= 11 is 0. The van der Waals surface area contributed by atoms with E-state index >= 15 is 0 Å². The molecule has 1 heterocycles. The van der Waals surface area contributed by atoms with E-state index in [9.17, 15) is 0 Å². The molecule has 0 radical (unpaired) electrons. The number of hydrogen-bond acceptors (Lipinski definition) is 2. The molecule has 5 rings (SSSR count). The monoisotopic (exact) mass is 424 g/mol. The van der Waals surface area contributed by atoms with E-state index in [2.05, 4.69) is 52.1 Å². The van der Waals surface area contributed by atoms with Crippen molar-refractivity contribution >= 4 is 0 Å². The highest BCUT2D eigenvalue weighted by molar-refractivity contribution is 5.28. The Morgan fingerprint density at radius 3 is 2.52 bits per heavy atom. The van der Waals surface area contributed by atoms with Crippen LogP contribution in [-0.4, -0.2) is 12.6 Å². The molecule has 0 spiro atoms. The van der Waals surface area contributed by atoms with Crippen LogP contribution in [0, 0.1) is 52.3 Å². The van der Waals surface area contributed by atoms with E-state index in [1.54, 1.807) is 5.70 Å². The third-order valence-electron chi connectivity index (χ3n) is 11.3. The molecule has 0 aromatic carbocycles. The molecule has 4 unspecified atom stereocenters. The Bertz CT molecular complexity index is 750. The molecule has 31 heavy (non-hydrogen) atoms. The van der Waals surface area contributed by atoms with Gasteiger partial charge < -0.3 is 11.1 Å². The van der Waals surface area contributed by atoms with Gasteiger partial charge in [0.25, 0.3) is 0 Å². The Morgan fingerprint density at radius 1 is 1.00 bits per heavy atom. The minimum Gasteiger partial charge on any atom is -0.388 e. The molecular formula is C29H48N2. The molecule has 0 aromatic heterocycles. The molecule has 1 aliphatic heterocycles. The SMILES string of the molecule is CC(C)C1CCNC1=C[C@@H](C)[C@H]1CCC2C3=CCC4C[C@H](N)CC[C@]4(C)C3CC[C@@]21C. The zero-order valence-electron chi connectivity index (χ0n) is 20.9. The summed E-state index contributed by atoms with van der Waals surface area (Å²) in [5.41, 5.74) is 10.9. The summed E-state index contributed by atoms with van der Waals surface area (Å²) in [6, 6.07) is 0.450. The predicted molar refractivity (Wildman–Crippen MR) is 131 cm³/mol. The third kappa shape index (κ3) is 3.46. The van der Waals surface area contributed by atoms with Gasteiger partial charge in [-0.2, -0.15) is 0 Å². The predicted octanol–water partition coefficient (Wildman–Crippen LogP) is 6.68. The summed E-state index contributed by atoms with van der Waals surface area (Å²) in [4.78, 5) is 0. The van der Waals surface area contributed by atoms with Crippen LogP contribution in [0.2, 0.25) is 0 Å². The largest absolute Gasteiger partial charge is 0.388 e. The minimum atomic E-state index is 0.450. The van der Waals surface area contributed by atoms with Gasteiger partial charge in [-0.05, 0) is 104 Å². The highest BCUT2D eigenvalue weighted by Crippen LogP contribution is 2.66. The van der Waals surface area contributed by atoms with Gasteiger partial charge in [-0.25, -0.2) is 0 Å². The summed E-state index contributed by atoms with van der Waals surface area (Å²) in [6.07, 6.45) is 17.6. The van der Waals surface area contributed by atoms with Gasteiger partial charge in [0.1, 0.15) is 0 Å². The van der Waals surface area contributed by atoms with Gasteiger partial charge in [-0.3, -0.25) is 0 Å². The average Bonchev–Trinajstić information content (AvgIpc) is 3.32. The topological polar surface area (TPSA) is 38.0 Å². The molecule has 0 aromatic rings. The lowest BCUT2D eigenvalue weighted by Gasteiger charge is -2.58. The Balaban J connectivity index is 1.38. The first kappa shape index (κ1) is 22.1. The second-order valence-corrected chi connectivity index (χ2v) is 13.1. The van der Waals surface area contributed by atoms with Crippen LogP contribution in [0.4, 0.5) is 0 Å². The summed E-state index contributed by atoms with van der Waals surface area (Å²) in [6.45, 7) is 13.8. The first-order chi connectivity index (χ1) is 14.7. The lowest BCUT2D eigenvalue weighted by molar-refractivity contribution is -0.00906. The molecule has 2 nitrogen and oxygen atoms in total. The Morgan fingerprint density at radius 2 is 1.74 bits per heavy atom. The van der Waals surface area contributed by atoms with Crippen LogP contribution < -0.4 is 11.1 Å². The molecule has 1 saturated heterocycles. The Kier molecular flexibility index (Phi) is 5.64. The van der Waals surface area contributed by atoms with Crippen molar-refractivity contribution in [3.63, 3.8) is 0 Å². The second-order valence-electron chi connectivity index (χ2n) is 13.1. The molecule has 3 N–H and O–H groups in total. The van der Waals surface area contributed by atoms with Crippen molar-refractivity contribution in [1.82, 2.24) is 5.32 Å². The number of fused-ring (bicyclic) bond motifs is 5. The maximum atomic E-state index is 6.39. The number of allylic oxidation sites excluding steroid dienone is 4. The normalized spacial score (nSPS) is 49.3. The van der Waals surface area contributed by atoms with Crippen molar-refractivity contribution in [3.05, 3.63) is 23.4 Å². The maximum Gasteiger partial charge on any atom is 0.0150 e. The molecule has 9 atom stereocenters. The molecule has 0 bridgehead atoms. The number of nitrogens with one attached hydrogen (secondary N) is 1. The quantitative estimate of drug-likeness (QED) is 0.496. The molecule has 4 fully saturated rings. The fourth-order valence-corrected chi connectivity index (χ4v) is 9.38. The van der Waals surface area contributed by atoms with Crippen LogP contribution in [0.1, 0.15) is 92.4 Å². The van der Waals surface area contributed by atoms with E-state index < -0.39 is 0 Å². The van der Waals surface area contributed by atoms with Gasteiger partial charge in [-0.1, -0.05) is 52.3 Å². The van der Waals surface area contributed by atoms with Gasteiger partial charge in [-0.15, -0.1) is 0 Å². The van der Waals surface area contributed by atoms with Crippen LogP contribution in [0.5, 0.6) is 0 Å². The third-order valence-corrected chi connectivity index (χ3v) is 11.3. The summed E-state index contributed by atoms with van der Waals surface area (Å²) in [7, 11) is 0. The van der Waals surface area contributed by atoms with E-state index in [0.29, 0.717) is 22.8 Å². The molecule has 5 aliphatic rings. The van der Waals surface area contributed by atoms with Crippen LogP contribution in [-0.2, 0) is 0 Å². The molecule has 174 valence electrons. The van der Waals surface area contributed by atoms with Crippen molar-refractivity contribution in [2.75, 3.05) is 6.54 Å². The second kappa shape index (κ2) is 7.93. The standard InChI is InChI=1S/C29H48N2/c1-18(2)22-12-15-31-27(22)16-19(3)24-8-9-25-23-7-6-20-17-21(30)10-13-28(20,4)26(23)11-14-29(24,25)5/h7,16,18-22,24-26,31H,6,8-15,17,30H2,1-5H3/t19-,20?,21-,22?,24-,25?,26?,28+,29-/m1/s1. The van der Waals surface area contributed by atoms with Crippen molar-refractivity contribution in [3.8, 4) is 0 Å². The number of hydrogen-bond donors (Lipinski definition) is 2. The van der Waals surface area contributed by atoms with E-state index in [-0.39, 0.29) is 0 Å². The zero-order valence-corrected chi connectivity index (χ0v) is 20.9. The van der Waals surface area contributed by atoms with E-state index in [0.717, 1.165) is 35.5 Å². The number of nitrogens with two attached hydrogens (primary N) is 1. The molecule has 0 amide bonds. The molecule has 2 heteroatoms. The van der Waals surface area contributed by atoms with E-state index in [1.165, 1.54) is 64.3 Å². The Hall–Kier alpha value is -0.760. The summed E-state index contributed by atoms with van der Waals surface area (Å²) in [5.74, 6) is 5.53. The molecular weight excluding hydrogens is 376 g/mol. The van der Waals surface area contributed by atoms with Gasteiger partial charge in [0.2, 0.25) is 0 Å². The van der Waals surface area contributed by atoms with Gasteiger partial charge in [0.05, 0.1) is 0 Å². The minimum absolute atomic E-state index is 0.450. The fourth-order valence-electron chi connectivity index (χ4n) is 9.38. The van der Waals surface area contributed by atoms with Gasteiger partial charge in [0.15, 0.2) is 0 Å².